The molecule has 0 N–H and O–H groups in total. The largest absolute Gasteiger partial charge is 0.372 e. The van der Waals surface area contributed by atoms with Crippen molar-refractivity contribution in [3.63, 3.8) is 0 Å². The monoisotopic (exact) mass is 467 g/mol. The van der Waals surface area contributed by atoms with Gasteiger partial charge < -0.3 is 4.74 Å². The van der Waals surface area contributed by atoms with Crippen molar-refractivity contribution in [3.8, 4) is 11.1 Å². The molecule has 2 heterocycles. The minimum absolute atomic E-state index is 0.338. The molecule has 0 atom stereocenters. The molecule has 0 fully saturated rings. The number of sulfonamides is 1. The molecule has 3 aromatic carbocycles. The van der Waals surface area contributed by atoms with E-state index in [2.05, 4.69) is 6.07 Å². The average Bonchev–Trinajstić information content (AvgIpc) is 3.23. The number of halogens is 1. The van der Waals surface area contributed by atoms with Crippen molar-refractivity contribution in [3.05, 3.63) is 87.4 Å². The molecule has 5 rings (SSSR count). The summed E-state index contributed by atoms with van der Waals surface area (Å²) in [6.07, 6.45) is 0.664. The first-order valence-electron chi connectivity index (χ1n) is 10.8. The molecule has 0 bridgehead atoms. The Morgan fingerprint density at radius 3 is 2.31 bits per heavy atom. The van der Waals surface area contributed by atoms with Crippen LogP contribution < -0.4 is 0 Å². The molecular formula is C26H26ClNO3S. The van der Waals surface area contributed by atoms with Crippen LogP contribution in [0.4, 0.5) is 0 Å². The second kappa shape index (κ2) is 7.70. The van der Waals surface area contributed by atoms with Crippen LogP contribution in [0, 0.1) is 6.92 Å². The molecule has 0 amide bonds. The minimum Gasteiger partial charge on any atom is -0.372 e. The lowest BCUT2D eigenvalue weighted by molar-refractivity contribution is 0.132. The molecule has 0 saturated carbocycles. The highest BCUT2D eigenvalue weighted by Crippen LogP contribution is 2.46. The predicted molar refractivity (Wildman–Crippen MR) is 127 cm³/mol. The van der Waals surface area contributed by atoms with E-state index in [9.17, 15) is 8.42 Å². The minimum atomic E-state index is -3.64. The van der Waals surface area contributed by atoms with Gasteiger partial charge in [0.05, 0.1) is 23.6 Å². The molecular weight excluding hydrogens is 442 g/mol. The van der Waals surface area contributed by atoms with Gasteiger partial charge in [0.2, 0.25) is 10.0 Å². The van der Waals surface area contributed by atoms with Gasteiger partial charge in [-0.25, -0.2) is 8.42 Å². The van der Waals surface area contributed by atoms with Crippen LogP contribution in [0.15, 0.2) is 59.5 Å². The fraction of sp³-hybridized carbons (Fsp3) is 0.308. The number of ether oxygens (including phenoxy) is 1. The standard InChI is InChI=1S/C26H26ClNO3S/c1-17-4-10-21(11-5-17)32(29,30)28-13-12-19-14-22(18-6-8-20(27)9-7-18)23-15-31-16-24(23)25(19)26(28,2)3/h4-11,14H,12-13,15-16H2,1-3H3. The number of nitrogens with zero attached hydrogens (tertiary/aromatic N) is 1. The van der Waals surface area contributed by atoms with E-state index in [4.69, 9.17) is 16.3 Å². The van der Waals surface area contributed by atoms with Crippen LogP contribution in [0.5, 0.6) is 0 Å². The Labute approximate surface area is 194 Å². The van der Waals surface area contributed by atoms with Crippen molar-refractivity contribution >= 4 is 21.6 Å². The fourth-order valence-electron chi connectivity index (χ4n) is 5.15. The summed E-state index contributed by atoms with van der Waals surface area (Å²) in [6.45, 7) is 7.45. The second-order valence-electron chi connectivity index (χ2n) is 9.11. The van der Waals surface area contributed by atoms with Crippen LogP contribution >= 0.6 is 11.6 Å². The number of aryl methyl sites for hydroxylation is 1. The van der Waals surface area contributed by atoms with Crippen molar-refractivity contribution < 1.29 is 13.2 Å². The first-order chi connectivity index (χ1) is 15.2. The summed E-state index contributed by atoms with van der Waals surface area (Å²) < 4.78 is 34.8. The summed E-state index contributed by atoms with van der Waals surface area (Å²) in [5.74, 6) is 0. The highest BCUT2D eigenvalue weighted by Gasteiger charge is 2.44. The third kappa shape index (κ3) is 3.39. The Morgan fingerprint density at radius 1 is 0.969 bits per heavy atom. The van der Waals surface area contributed by atoms with Crippen molar-refractivity contribution in [2.75, 3.05) is 6.54 Å². The van der Waals surface area contributed by atoms with Gasteiger partial charge >= 0.3 is 0 Å². The Morgan fingerprint density at radius 2 is 1.62 bits per heavy atom. The highest BCUT2D eigenvalue weighted by molar-refractivity contribution is 7.89. The summed E-state index contributed by atoms with van der Waals surface area (Å²) in [5, 5.41) is 0.706. The molecule has 166 valence electrons. The van der Waals surface area contributed by atoms with Crippen molar-refractivity contribution in [2.24, 2.45) is 0 Å². The summed E-state index contributed by atoms with van der Waals surface area (Å²) in [6, 6.07) is 17.2. The van der Waals surface area contributed by atoms with E-state index >= 15 is 0 Å². The lowest BCUT2D eigenvalue weighted by atomic mass is 9.78. The molecule has 3 aromatic rings. The topological polar surface area (TPSA) is 46.6 Å². The van der Waals surface area contributed by atoms with E-state index in [1.54, 1.807) is 16.4 Å². The molecule has 0 radical (unpaired) electrons. The zero-order valence-electron chi connectivity index (χ0n) is 18.5. The summed E-state index contributed by atoms with van der Waals surface area (Å²) in [7, 11) is -3.64. The summed E-state index contributed by atoms with van der Waals surface area (Å²) in [5.41, 5.74) is 7.16. The Kier molecular flexibility index (Phi) is 5.21. The SMILES string of the molecule is Cc1ccc(S(=O)(=O)N2CCc3cc(-c4ccc(Cl)cc4)c4c(c3C2(C)C)COC4)cc1. The van der Waals surface area contributed by atoms with Gasteiger partial charge in [-0.3, -0.25) is 0 Å². The molecule has 4 nitrogen and oxygen atoms in total. The van der Waals surface area contributed by atoms with Gasteiger partial charge in [0.1, 0.15) is 0 Å². The Hall–Kier alpha value is -2.18. The lowest BCUT2D eigenvalue weighted by Crippen LogP contribution is -2.50. The van der Waals surface area contributed by atoms with Crippen LogP contribution in [-0.4, -0.2) is 19.3 Å². The first kappa shape index (κ1) is 21.7. The Balaban J connectivity index is 1.64. The maximum atomic E-state index is 13.6. The van der Waals surface area contributed by atoms with Gasteiger partial charge in [-0.1, -0.05) is 47.5 Å². The van der Waals surface area contributed by atoms with Crippen LogP contribution in [0.3, 0.4) is 0 Å². The maximum absolute atomic E-state index is 13.6. The van der Waals surface area contributed by atoms with Gasteiger partial charge in [0.25, 0.3) is 0 Å². The molecule has 0 unspecified atom stereocenters. The van der Waals surface area contributed by atoms with E-state index in [0.29, 0.717) is 36.1 Å². The van der Waals surface area contributed by atoms with E-state index in [0.717, 1.165) is 33.4 Å². The number of hydrogen-bond donors (Lipinski definition) is 0. The van der Waals surface area contributed by atoms with Gasteiger partial charge in [-0.2, -0.15) is 4.31 Å². The van der Waals surface area contributed by atoms with E-state index in [1.165, 1.54) is 5.56 Å². The second-order valence-corrected chi connectivity index (χ2v) is 11.4. The molecule has 0 aromatic heterocycles. The zero-order valence-corrected chi connectivity index (χ0v) is 20.1. The number of rotatable bonds is 3. The predicted octanol–water partition coefficient (Wildman–Crippen LogP) is 5.83. The van der Waals surface area contributed by atoms with Crippen molar-refractivity contribution in [1.82, 2.24) is 4.31 Å². The van der Waals surface area contributed by atoms with Gasteiger partial charge in [0, 0.05) is 11.6 Å². The fourth-order valence-corrected chi connectivity index (χ4v) is 7.04. The number of fused-ring (bicyclic) bond motifs is 3. The zero-order chi connectivity index (χ0) is 22.7. The third-order valence-electron chi connectivity index (χ3n) is 6.71. The lowest BCUT2D eigenvalue weighted by Gasteiger charge is -2.44. The van der Waals surface area contributed by atoms with Crippen LogP contribution in [0.1, 0.15) is 41.7 Å². The van der Waals surface area contributed by atoms with Crippen LogP contribution in [-0.2, 0) is 39.9 Å². The van der Waals surface area contributed by atoms with E-state index < -0.39 is 15.6 Å². The van der Waals surface area contributed by atoms with Gasteiger partial charge in [-0.15, -0.1) is 0 Å². The normalized spacial score (nSPS) is 17.8. The van der Waals surface area contributed by atoms with E-state index in [-0.39, 0.29) is 0 Å². The third-order valence-corrected chi connectivity index (χ3v) is 9.05. The molecule has 0 aliphatic carbocycles. The summed E-state index contributed by atoms with van der Waals surface area (Å²) >= 11 is 6.10. The summed E-state index contributed by atoms with van der Waals surface area (Å²) in [4.78, 5) is 0.338. The van der Waals surface area contributed by atoms with Crippen molar-refractivity contribution in [1.29, 1.82) is 0 Å². The highest BCUT2D eigenvalue weighted by atomic mass is 35.5. The molecule has 2 aliphatic rings. The smallest absolute Gasteiger partial charge is 0.243 e. The number of hydrogen-bond acceptors (Lipinski definition) is 3. The van der Waals surface area contributed by atoms with Gasteiger partial charge in [0.15, 0.2) is 0 Å². The quantitative estimate of drug-likeness (QED) is 0.487. The van der Waals surface area contributed by atoms with Crippen LogP contribution in [0.25, 0.3) is 11.1 Å². The molecule has 0 spiro atoms. The Bertz CT molecular complexity index is 1300. The molecule has 2 aliphatic heterocycles. The molecule has 0 saturated heterocycles. The van der Waals surface area contributed by atoms with Crippen LogP contribution in [0.2, 0.25) is 5.02 Å². The number of benzene rings is 3. The van der Waals surface area contributed by atoms with E-state index in [1.807, 2.05) is 57.2 Å². The maximum Gasteiger partial charge on any atom is 0.243 e. The van der Waals surface area contributed by atoms with Gasteiger partial charge in [-0.05, 0) is 84.8 Å². The molecule has 32 heavy (non-hydrogen) atoms. The average molecular weight is 468 g/mol. The van der Waals surface area contributed by atoms with Crippen molar-refractivity contribution in [2.45, 2.75) is 50.8 Å². The molecule has 6 heteroatoms. The first-order valence-corrected chi connectivity index (χ1v) is 12.6.